The summed E-state index contributed by atoms with van der Waals surface area (Å²) in [6, 6.07) is 6.24. The van der Waals surface area contributed by atoms with Gasteiger partial charge in [-0.3, -0.25) is 4.79 Å². The molecule has 0 bridgehead atoms. The number of hydrogen-bond donors (Lipinski definition) is 2. The van der Waals surface area contributed by atoms with Crippen molar-refractivity contribution in [2.75, 3.05) is 20.1 Å². The number of aromatic nitrogens is 3. The van der Waals surface area contributed by atoms with Gasteiger partial charge in [-0.15, -0.1) is 11.3 Å². The van der Waals surface area contributed by atoms with Gasteiger partial charge in [-0.25, -0.2) is 24.2 Å². The number of benzene rings is 1. The van der Waals surface area contributed by atoms with Crippen LogP contribution >= 0.6 is 23.3 Å². The molecule has 11 heteroatoms. The Morgan fingerprint density at radius 2 is 2.15 bits per heavy atom. The molecule has 1 unspecified atom stereocenters. The van der Waals surface area contributed by atoms with E-state index in [2.05, 4.69) is 20.5 Å². The van der Waals surface area contributed by atoms with Gasteiger partial charge < -0.3 is 10.7 Å². The predicted octanol–water partition coefficient (Wildman–Crippen LogP) is 3.19. The molecule has 0 saturated carbocycles. The van der Waals surface area contributed by atoms with E-state index in [0.717, 1.165) is 29.1 Å². The van der Waals surface area contributed by atoms with E-state index in [9.17, 15) is 9.18 Å². The van der Waals surface area contributed by atoms with E-state index in [1.165, 1.54) is 40.4 Å². The molecule has 3 heterocycles. The SMILES string of the molecule is CN(N)/C=C(\N)SN1CCC2=Cc3c(cnn3-c3ccc(F)cc3)CC2(C(=O)c2cscn2)C1. The smallest absolute Gasteiger partial charge is 0.193 e. The molecule has 2 aliphatic rings. The van der Waals surface area contributed by atoms with Crippen molar-refractivity contribution in [2.45, 2.75) is 12.8 Å². The van der Waals surface area contributed by atoms with Crippen molar-refractivity contribution in [3.63, 3.8) is 0 Å². The van der Waals surface area contributed by atoms with Crippen LogP contribution in [0, 0.1) is 11.2 Å². The number of halogens is 1. The Hall–Kier alpha value is -2.99. The first-order chi connectivity index (χ1) is 16.4. The normalized spacial score (nSPS) is 20.4. The number of hydrogen-bond acceptors (Lipinski definition) is 9. The number of ketones is 1. The molecule has 0 amide bonds. The minimum Gasteiger partial charge on any atom is -0.391 e. The Morgan fingerprint density at radius 1 is 1.35 bits per heavy atom. The van der Waals surface area contributed by atoms with E-state index in [1.54, 1.807) is 47.1 Å². The molecule has 1 aromatic carbocycles. The van der Waals surface area contributed by atoms with Gasteiger partial charge in [-0.1, -0.05) is 5.57 Å². The molecule has 34 heavy (non-hydrogen) atoms. The second kappa shape index (κ2) is 8.99. The third kappa shape index (κ3) is 4.16. The molecule has 1 aliphatic carbocycles. The van der Waals surface area contributed by atoms with Gasteiger partial charge in [-0.05, 0) is 60.7 Å². The molecule has 8 nitrogen and oxygen atoms in total. The van der Waals surface area contributed by atoms with Crippen molar-refractivity contribution < 1.29 is 9.18 Å². The number of nitrogens with zero attached hydrogens (tertiary/aromatic N) is 5. The van der Waals surface area contributed by atoms with Crippen molar-refractivity contribution in [1.29, 1.82) is 0 Å². The Bertz CT molecular complexity index is 1270. The highest BCUT2D eigenvalue weighted by molar-refractivity contribution is 8.00. The molecule has 3 aromatic rings. The average molecular weight is 498 g/mol. The fraction of sp³-hybridized carbons (Fsp3) is 0.261. The summed E-state index contributed by atoms with van der Waals surface area (Å²) in [6.07, 6.45) is 6.72. The van der Waals surface area contributed by atoms with Gasteiger partial charge in [0, 0.05) is 31.7 Å². The lowest BCUT2D eigenvalue weighted by molar-refractivity contribution is 0.0776. The summed E-state index contributed by atoms with van der Waals surface area (Å²) >= 11 is 2.81. The number of carbonyl (C=O) groups is 1. The Morgan fingerprint density at radius 3 is 2.85 bits per heavy atom. The predicted molar refractivity (Wildman–Crippen MR) is 132 cm³/mol. The van der Waals surface area contributed by atoms with Gasteiger partial charge in [0.2, 0.25) is 0 Å². The molecule has 4 N–H and O–H groups in total. The van der Waals surface area contributed by atoms with Gasteiger partial charge in [0.25, 0.3) is 0 Å². The zero-order chi connectivity index (χ0) is 23.9. The first kappa shape index (κ1) is 22.8. The topological polar surface area (TPSA) is 106 Å². The summed E-state index contributed by atoms with van der Waals surface area (Å²) in [5, 5.41) is 8.33. The van der Waals surface area contributed by atoms with Crippen LogP contribution < -0.4 is 11.6 Å². The van der Waals surface area contributed by atoms with Crippen LogP contribution in [0.5, 0.6) is 0 Å². The maximum atomic E-state index is 13.9. The van der Waals surface area contributed by atoms with Crippen LogP contribution in [-0.2, 0) is 6.42 Å². The minimum absolute atomic E-state index is 0.00368. The number of piperidine rings is 1. The lowest BCUT2D eigenvalue weighted by Crippen LogP contribution is -2.49. The largest absolute Gasteiger partial charge is 0.391 e. The van der Waals surface area contributed by atoms with Crippen LogP contribution in [0.25, 0.3) is 11.8 Å². The molecular formula is C23H24FN7OS2. The lowest BCUT2D eigenvalue weighted by atomic mass is 9.65. The number of hydrazine groups is 1. The van der Waals surface area contributed by atoms with E-state index >= 15 is 0 Å². The molecule has 0 spiro atoms. The zero-order valence-corrected chi connectivity index (χ0v) is 20.2. The highest BCUT2D eigenvalue weighted by atomic mass is 32.2. The molecule has 1 aliphatic heterocycles. The van der Waals surface area contributed by atoms with Crippen molar-refractivity contribution in [2.24, 2.45) is 17.0 Å². The molecule has 1 fully saturated rings. The Kier molecular flexibility index (Phi) is 6.02. The van der Waals surface area contributed by atoms with Crippen molar-refractivity contribution in [3.05, 3.63) is 80.9 Å². The van der Waals surface area contributed by atoms with Crippen LogP contribution in [0.4, 0.5) is 4.39 Å². The van der Waals surface area contributed by atoms with E-state index in [1.807, 2.05) is 0 Å². The van der Waals surface area contributed by atoms with Crippen LogP contribution in [0.3, 0.4) is 0 Å². The molecule has 0 radical (unpaired) electrons. The second-order valence-corrected chi connectivity index (χ2v) is 10.4. The number of Topliss-reactive ketones (excluding diaryl/α,β-unsaturated/α-hetero) is 1. The van der Waals surface area contributed by atoms with Crippen molar-refractivity contribution >= 4 is 35.1 Å². The molecule has 5 rings (SSSR count). The van der Waals surface area contributed by atoms with Gasteiger partial charge in [-0.2, -0.15) is 5.10 Å². The third-order valence-corrected chi connectivity index (χ3v) is 7.59. The number of carbonyl (C=O) groups excluding carboxylic acids is 1. The third-order valence-electron chi connectivity index (χ3n) is 6.12. The average Bonchev–Trinajstić information content (AvgIpc) is 3.47. The highest BCUT2D eigenvalue weighted by Crippen LogP contribution is 2.47. The van der Waals surface area contributed by atoms with Crippen molar-refractivity contribution in [1.82, 2.24) is 24.1 Å². The maximum absolute atomic E-state index is 13.9. The Labute approximate surface area is 204 Å². The minimum atomic E-state index is -0.766. The molecule has 1 atom stereocenters. The summed E-state index contributed by atoms with van der Waals surface area (Å²) in [6.45, 7) is 1.22. The van der Waals surface area contributed by atoms with Gasteiger partial charge >= 0.3 is 0 Å². The summed E-state index contributed by atoms with van der Waals surface area (Å²) in [4.78, 5) is 18.2. The Balaban J connectivity index is 1.53. The summed E-state index contributed by atoms with van der Waals surface area (Å²) in [7, 11) is 1.71. The molecule has 1 saturated heterocycles. The highest BCUT2D eigenvalue weighted by Gasteiger charge is 2.49. The summed E-state index contributed by atoms with van der Waals surface area (Å²) < 4.78 is 17.4. The summed E-state index contributed by atoms with van der Waals surface area (Å²) in [5.41, 5.74) is 11.3. The van der Waals surface area contributed by atoms with E-state index < -0.39 is 5.41 Å². The van der Waals surface area contributed by atoms with E-state index in [4.69, 9.17) is 11.6 Å². The molecular weight excluding hydrogens is 473 g/mol. The molecule has 2 aromatic heterocycles. The van der Waals surface area contributed by atoms with Crippen LogP contribution in [-0.4, -0.2) is 50.0 Å². The number of thiazole rings is 1. The van der Waals surface area contributed by atoms with Gasteiger partial charge in [0.15, 0.2) is 5.78 Å². The fourth-order valence-corrected chi connectivity index (χ4v) is 6.14. The lowest BCUT2D eigenvalue weighted by Gasteiger charge is -2.44. The van der Waals surface area contributed by atoms with Crippen LogP contribution in [0.1, 0.15) is 28.2 Å². The number of nitrogens with two attached hydrogens (primary N) is 2. The standard InChI is InChI=1S/C23H24FN7OS2/c1-29(26)11-21(25)34-30-7-6-16-8-20-15(10-28-31(20)18-4-2-17(24)3-5-18)9-23(16,13-30)22(32)19-12-33-14-27-19/h2-5,8,10-12,14H,6-7,9,13,25-26H2,1H3/b21-11+. The number of fused-ring (bicyclic) bond motifs is 2. The fourth-order valence-electron chi connectivity index (χ4n) is 4.62. The van der Waals surface area contributed by atoms with Crippen molar-refractivity contribution in [3.8, 4) is 5.69 Å². The van der Waals surface area contributed by atoms with E-state index in [-0.39, 0.29) is 11.6 Å². The van der Waals surface area contributed by atoms with Crippen LogP contribution in [0.15, 0.2) is 58.2 Å². The van der Waals surface area contributed by atoms with E-state index in [0.29, 0.717) is 30.1 Å². The second-order valence-electron chi connectivity index (χ2n) is 8.48. The summed E-state index contributed by atoms with van der Waals surface area (Å²) in [5.74, 6) is 5.41. The molecule has 176 valence electrons. The first-order valence-electron chi connectivity index (χ1n) is 10.7. The maximum Gasteiger partial charge on any atom is 0.193 e. The van der Waals surface area contributed by atoms with Gasteiger partial charge in [0.1, 0.15) is 11.5 Å². The number of rotatable bonds is 6. The monoisotopic (exact) mass is 497 g/mol. The van der Waals surface area contributed by atoms with Crippen LogP contribution in [0.2, 0.25) is 0 Å². The quantitative estimate of drug-likeness (QED) is 0.232. The van der Waals surface area contributed by atoms with Gasteiger partial charge in [0.05, 0.1) is 33.5 Å². The first-order valence-corrected chi connectivity index (χ1v) is 12.4. The zero-order valence-electron chi connectivity index (χ0n) is 18.5.